The summed E-state index contributed by atoms with van der Waals surface area (Å²) < 4.78 is 0. The van der Waals surface area contributed by atoms with Gasteiger partial charge in [0.05, 0.1) is 6.61 Å². The highest BCUT2D eigenvalue weighted by atomic mass is 16.3. The lowest BCUT2D eigenvalue weighted by Crippen LogP contribution is -2.00. The number of aromatic amines is 1. The molecule has 1 heterocycles. The van der Waals surface area contributed by atoms with Crippen LogP contribution in [0.5, 0.6) is 0 Å². The van der Waals surface area contributed by atoms with Crippen LogP contribution in [0.15, 0.2) is 12.4 Å². The Kier molecular flexibility index (Phi) is 1.85. The van der Waals surface area contributed by atoms with Crippen molar-refractivity contribution in [1.82, 2.24) is 9.97 Å². The molecule has 1 atom stereocenters. The van der Waals surface area contributed by atoms with Crippen molar-refractivity contribution in [2.45, 2.75) is 12.8 Å². The van der Waals surface area contributed by atoms with E-state index in [2.05, 4.69) is 9.97 Å². The number of rotatable bonds is 2. The van der Waals surface area contributed by atoms with Gasteiger partial charge in [-0.1, -0.05) is 6.92 Å². The summed E-state index contributed by atoms with van der Waals surface area (Å²) in [6.07, 6.45) is 3.43. The van der Waals surface area contributed by atoms with E-state index >= 15 is 0 Å². The molecule has 2 N–H and O–H groups in total. The van der Waals surface area contributed by atoms with E-state index in [-0.39, 0.29) is 12.5 Å². The van der Waals surface area contributed by atoms with Crippen LogP contribution in [-0.4, -0.2) is 21.7 Å². The number of aliphatic hydroxyl groups is 1. The molecule has 9 heavy (non-hydrogen) atoms. The topological polar surface area (TPSA) is 48.9 Å². The van der Waals surface area contributed by atoms with Crippen LogP contribution in [0.1, 0.15) is 18.7 Å². The molecule has 3 heteroatoms. The van der Waals surface area contributed by atoms with Crippen LogP contribution < -0.4 is 0 Å². The predicted octanol–water partition coefficient (Wildman–Crippen LogP) is 0.505. The summed E-state index contributed by atoms with van der Waals surface area (Å²) in [5, 5.41) is 8.65. The van der Waals surface area contributed by atoms with Crippen LogP contribution in [-0.2, 0) is 0 Å². The standard InChI is InChI=1S/C6H10N2O/c1-5(4-9)6-7-2-3-8-6/h2-3,5,9H,4H2,1H3,(H,7,8)/t5-/m1/s1. The average Bonchev–Trinajstić information content (AvgIpc) is 2.37. The van der Waals surface area contributed by atoms with Crippen molar-refractivity contribution < 1.29 is 5.11 Å². The molecular weight excluding hydrogens is 116 g/mol. The summed E-state index contributed by atoms with van der Waals surface area (Å²) in [4.78, 5) is 6.89. The van der Waals surface area contributed by atoms with Gasteiger partial charge in [0.25, 0.3) is 0 Å². The molecule has 0 aliphatic rings. The van der Waals surface area contributed by atoms with Gasteiger partial charge in [-0.25, -0.2) is 4.98 Å². The Morgan fingerprint density at radius 1 is 1.89 bits per heavy atom. The lowest BCUT2D eigenvalue weighted by molar-refractivity contribution is 0.269. The molecule has 0 radical (unpaired) electrons. The monoisotopic (exact) mass is 126 g/mol. The van der Waals surface area contributed by atoms with Crippen LogP contribution in [0.3, 0.4) is 0 Å². The number of aliphatic hydroxyl groups excluding tert-OH is 1. The highest BCUT2D eigenvalue weighted by Crippen LogP contribution is 2.06. The number of hydrogen-bond acceptors (Lipinski definition) is 2. The van der Waals surface area contributed by atoms with Crippen molar-refractivity contribution in [3.63, 3.8) is 0 Å². The van der Waals surface area contributed by atoms with E-state index in [0.717, 1.165) is 5.82 Å². The van der Waals surface area contributed by atoms with Gasteiger partial charge in [-0.3, -0.25) is 0 Å². The molecule has 0 aliphatic heterocycles. The van der Waals surface area contributed by atoms with Gasteiger partial charge in [0.1, 0.15) is 5.82 Å². The second-order valence-corrected chi connectivity index (χ2v) is 2.06. The molecule has 1 aromatic heterocycles. The first kappa shape index (κ1) is 6.29. The van der Waals surface area contributed by atoms with Crippen LogP contribution in [0.2, 0.25) is 0 Å². The number of nitrogens with zero attached hydrogens (tertiary/aromatic N) is 1. The van der Waals surface area contributed by atoms with Gasteiger partial charge in [-0.15, -0.1) is 0 Å². The van der Waals surface area contributed by atoms with Crippen LogP contribution in [0.4, 0.5) is 0 Å². The molecule has 0 aliphatic carbocycles. The maximum atomic E-state index is 8.65. The first-order valence-electron chi connectivity index (χ1n) is 2.94. The Bertz CT molecular complexity index is 160. The highest BCUT2D eigenvalue weighted by Gasteiger charge is 2.03. The van der Waals surface area contributed by atoms with E-state index in [9.17, 15) is 0 Å². The van der Waals surface area contributed by atoms with Gasteiger partial charge < -0.3 is 10.1 Å². The number of aromatic nitrogens is 2. The number of imidazole rings is 1. The molecule has 0 fully saturated rings. The third-order valence-electron chi connectivity index (χ3n) is 1.26. The highest BCUT2D eigenvalue weighted by molar-refractivity contribution is 4.94. The van der Waals surface area contributed by atoms with Gasteiger partial charge in [-0.2, -0.15) is 0 Å². The van der Waals surface area contributed by atoms with Crippen LogP contribution in [0, 0.1) is 0 Å². The molecule has 1 aromatic rings. The zero-order chi connectivity index (χ0) is 6.69. The van der Waals surface area contributed by atoms with E-state index in [1.807, 2.05) is 6.92 Å². The largest absolute Gasteiger partial charge is 0.396 e. The SMILES string of the molecule is C[C@H](CO)c1ncc[nH]1. The zero-order valence-electron chi connectivity index (χ0n) is 5.33. The smallest absolute Gasteiger partial charge is 0.111 e. The van der Waals surface area contributed by atoms with Crippen molar-refractivity contribution in [2.24, 2.45) is 0 Å². The Labute approximate surface area is 53.7 Å². The third kappa shape index (κ3) is 1.29. The summed E-state index contributed by atoms with van der Waals surface area (Å²) in [5.74, 6) is 0.970. The summed E-state index contributed by atoms with van der Waals surface area (Å²) in [5.41, 5.74) is 0. The van der Waals surface area contributed by atoms with Gasteiger partial charge in [0.15, 0.2) is 0 Å². The maximum Gasteiger partial charge on any atom is 0.111 e. The minimum absolute atomic E-state index is 0.125. The average molecular weight is 126 g/mol. The van der Waals surface area contributed by atoms with Gasteiger partial charge in [0, 0.05) is 18.3 Å². The Balaban J connectivity index is 2.65. The minimum Gasteiger partial charge on any atom is -0.396 e. The van der Waals surface area contributed by atoms with E-state index in [1.165, 1.54) is 0 Å². The van der Waals surface area contributed by atoms with E-state index < -0.39 is 0 Å². The molecule has 0 bridgehead atoms. The van der Waals surface area contributed by atoms with Gasteiger partial charge >= 0.3 is 0 Å². The van der Waals surface area contributed by atoms with Crippen molar-refractivity contribution in [3.8, 4) is 0 Å². The molecule has 0 aromatic carbocycles. The second kappa shape index (κ2) is 2.64. The first-order chi connectivity index (χ1) is 4.34. The van der Waals surface area contributed by atoms with Crippen molar-refractivity contribution >= 4 is 0 Å². The van der Waals surface area contributed by atoms with Gasteiger partial charge in [-0.05, 0) is 0 Å². The summed E-state index contributed by atoms with van der Waals surface area (Å²) in [6.45, 7) is 2.06. The van der Waals surface area contributed by atoms with Crippen molar-refractivity contribution in [2.75, 3.05) is 6.61 Å². The van der Waals surface area contributed by atoms with E-state index in [1.54, 1.807) is 12.4 Å². The fraction of sp³-hybridized carbons (Fsp3) is 0.500. The molecule has 0 saturated carbocycles. The van der Waals surface area contributed by atoms with E-state index in [0.29, 0.717) is 0 Å². The fourth-order valence-electron chi connectivity index (χ4n) is 0.633. The minimum atomic E-state index is 0.125. The normalized spacial score (nSPS) is 13.6. The quantitative estimate of drug-likeness (QED) is 0.606. The Morgan fingerprint density at radius 2 is 2.67 bits per heavy atom. The predicted molar refractivity (Wildman–Crippen MR) is 34.1 cm³/mol. The lowest BCUT2D eigenvalue weighted by atomic mass is 10.2. The van der Waals surface area contributed by atoms with E-state index in [4.69, 9.17) is 5.11 Å². The number of nitrogens with one attached hydrogen (secondary N) is 1. The molecule has 0 amide bonds. The first-order valence-corrected chi connectivity index (χ1v) is 2.94. The van der Waals surface area contributed by atoms with Crippen LogP contribution >= 0.6 is 0 Å². The van der Waals surface area contributed by atoms with Crippen molar-refractivity contribution in [3.05, 3.63) is 18.2 Å². The molecule has 50 valence electrons. The summed E-state index contributed by atoms with van der Waals surface area (Å²) in [7, 11) is 0. The summed E-state index contributed by atoms with van der Waals surface area (Å²) >= 11 is 0. The Hall–Kier alpha value is -0.830. The number of hydrogen-bond donors (Lipinski definition) is 2. The molecule has 0 saturated heterocycles. The second-order valence-electron chi connectivity index (χ2n) is 2.06. The third-order valence-corrected chi connectivity index (χ3v) is 1.26. The van der Waals surface area contributed by atoms with Crippen molar-refractivity contribution in [1.29, 1.82) is 0 Å². The summed E-state index contributed by atoms with van der Waals surface area (Å²) in [6, 6.07) is 0. The maximum absolute atomic E-state index is 8.65. The zero-order valence-corrected chi connectivity index (χ0v) is 5.33. The molecular formula is C6H10N2O. The molecule has 0 spiro atoms. The number of H-pyrrole nitrogens is 1. The molecule has 1 rings (SSSR count). The lowest BCUT2D eigenvalue weighted by Gasteiger charge is -2.00. The van der Waals surface area contributed by atoms with Gasteiger partial charge in [0.2, 0.25) is 0 Å². The molecule has 3 nitrogen and oxygen atoms in total. The van der Waals surface area contributed by atoms with Crippen LogP contribution in [0.25, 0.3) is 0 Å². The fourth-order valence-corrected chi connectivity index (χ4v) is 0.633. The molecule has 0 unspecified atom stereocenters. The Morgan fingerprint density at radius 3 is 3.11 bits per heavy atom.